The van der Waals surface area contributed by atoms with Gasteiger partial charge in [0.25, 0.3) is 0 Å². The molecule has 30 heavy (non-hydrogen) atoms. The third-order valence-electron chi connectivity index (χ3n) is 4.84. The highest BCUT2D eigenvalue weighted by Gasteiger charge is 2.33. The molecule has 0 aliphatic carbocycles. The van der Waals surface area contributed by atoms with Gasteiger partial charge in [-0.1, -0.05) is 41.9 Å². The van der Waals surface area contributed by atoms with Gasteiger partial charge >= 0.3 is 0 Å². The van der Waals surface area contributed by atoms with Crippen molar-refractivity contribution in [3.05, 3.63) is 64.9 Å². The molecular weight excluding hydrogens is 431 g/mol. The maximum Gasteiger partial charge on any atom is 0.246 e. The number of benzene rings is 2. The first kappa shape index (κ1) is 22.7. The van der Waals surface area contributed by atoms with Crippen molar-refractivity contribution in [3.63, 3.8) is 0 Å². The van der Waals surface area contributed by atoms with Gasteiger partial charge in [0.1, 0.15) is 10.7 Å². The number of hydrogen-bond acceptors (Lipinski definition) is 4. The maximum absolute atomic E-state index is 14.3. The highest BCUT2D eigenvalue weighted by molar-refractivity contribution is 7.89. The molecule has 2 unspecified atom stereocenters. The van der Waals surface area contributed by atoms with Crippen molar-refractivity contribution >= 4 is 27.5 Å². The van der Waals surface area contributed by atoms with E-state index < -0.39 is 27.3 Å². The number of nitrogens with zero attached hydrogens (tertiary/aromatic N) is 2. The first-order chi connectivity index (χ1) is 14.2. The van der Waals surface area contributed by atoms with Crippen LogP contribution in [-0.2, 0) is 26.1 Å². The molecule has 0 saturated carbocycles. The van der Waals surface area contributed by atoms with E-state index in [9.17, 15) is 17.6 Å². The summed E-state index contributed by atoms with van der Waals surface area (Å²) >= 11 is 6.21. The van der Waals surface area contributed by atoms with Gasteiger partial charge in [0.15, 0.2) is 0 Å². The number of carbonyl (C=O) groups is 1. The third-order valence-corrected chi connectivity index (χ3v) is 7.04. The summed E-state index contributed by atoms with van der Waals surface area (Å²) in [4.78, 5) is 14.1. The van der Waals surface area contributed by atoms with Crippen molar-refractivity contribution < 1.29 is 22.3 Å². The Morgan fingerprint density at radius 2 is 1.73 bits per heavy atom. The van der Waals surface area contributed by atoms with Crippen molar-refractivity contribution in [1.82, 2.24) is 9.21 Å². The van der Waals surface area contributed by atoms with Crippen LogP contribution in [0.4, 0.5) is 4.39 Å². The van der Waals surface area contributed by atoms with Crippen molar-refractivity contribution in [2.45, 2.75) is 37.5 Å². The van der Waals surface area contributed by atoms with Gasteiger partial charge in [-0.05, 0) is 37.6 Å². The fourth-order valence-corrected chi connectivity index (χ4v) is 5.10. The van der Waals surface area contributed by atoms with Crippen LogP contribution in [0.1, 0.15) is 19.4 Å². The number of carbonyl (C=O) groups excluding carboxylic acids is 1. The average Bonchev–Trinajstić information content (AvgIpc) is 2.68. The summed E-state index contributed by atoms with van der Waals surface area (Å²) in [7, 11) is -4.29. The monoisotopic (exact) mass is 454 g/mol. The number of hydrogen-bond donors (Lipinski definition) is 0. The molecule has 1 saturated heterocycles. The van der Waals surface area contributed by atoms with Crippen LogP contribution in [0.3, 0.4) is 0 Å². The van der Waals surface area contributed by atoms with Crippen LogP contribution in [0, 0.1) is 5.82 Å². The summed E-state index contributed by atoms with van der Waals surface area (Å²) < 4.78 is 47.5. The number of ether oxygens (including phenoxy) is 1. The van der Waals surface area contributed by atoms with Gasteiger partial charge in [-0.25, -0.2) is 12.8 Å². The van der Waals surface area contributed by atoms with Gasteiger partial charge < -0.3 is 9.64 Å². The zero-order valence-electron chi connectivity index (χ0n) is 16.8. The van der Waals surface area contributed by atoms with Gasteiger partial charge in [-0.3, -0.25) is 4.79 Å². The Kier molecular flexibility index (Phi) is 7.13. The van der Waals surface area contributed by atoms with Gasteiger partial charge in [-0.15, -0.1) is 0 Å². The smallest absolute Gasteiger partial charge is 0.246 e. The summed E-state index contributed by atoms with van der Waals surface area (Å²) in [5, 5.41) is 0.368. The van der Waals surface area contributed by atoms with E-state index in [0.717, 1.165) is 10.4 Å². The van der Waals surface area contributed by atoms with Gasteiger partial charge in [0.05, 0.1) is 18.8 Å². The molecule has 1 amide bonds. The fourth-order valence-electron chi connectivity index (χ4n) is 3.47. The van der Waals surface area contributed by atoms with E-state index in [1.807, 2.05) is 13.8 Å². The van der Waals surface area contributed by atoms with Gasteiger partial charge in [0.2, 0.25) is 15.9 Å². The molecule has 1 aliphatic rings. The molecule has 0 spiro atoms. The number of halogens is 2. The van der Waals surface area contributed by atoms with E-state index in [-0.39, 0.29) is 24.7 Å². The van der Waals surface area contributed by atoms with E-state index in [1.165, 1.54) is 18.2 Å². The zero-order valence-corrected chi connectivity index (χ0v) is 18.4. The minimum atomic E-state index is -4.29. The van der Waals surface area contributed by atoms with Crippen LogP contribution in [0.5, 0.6) is 0 Å². The largest absolute Gasteiger partial charge is 0.372 e. The van der Waals surface area contributed by atoms with E-state index in [4.69, 9.17) is 16.3 Å². The van der Waals surface area contributed by atoms with Crippen LogP contribution >= 0.6 is 11.6 Å². The van der Waals surface area contributed by atoms with E-state index in [1.54, 1.807) is 29.2 Å². The second-order valence-electron chi connectivity index (χ2n) is 7.35. The molecular formula is C21H24ClFN2O4S. The Bertz CT molecular complexity index is 1010. The average molecular weight is 455 g/mol. The van der Waals surface area contributed by atoms with Crippen LogP contribution in [-0.4, -0.2) is 55.4 Å². The minimum Gasteiger partial charge on any atom is -0.372 e. The molecule has 2 aromatic carbocycles. The van der Waals surface area contributed by atoms with Crippen LogP contribution in [0.15, 0.2) is 53.4 Å². The molecule has 1 heterocycles. The van der Waals surface area contributed by atoms with Crippen LogP contribution in [0.25, 0.3) is 0 Å². The van der Waals surface area contributed by atoms with E-state index >= 15 is 0 Å². The number of rotatable bonds is 6. The number of sulfonamides is 1. The summed E-state index contributed by atoms with van der Waals surface area (Å²) in [6, 6.07) is 11.9. The standard InChI is InChI=1S/C21H24ClFN2O4S/c1-15-11-24(12-16(2)29-15)21(26)14-25(13-17-7-3-4-8-18(17)22)30(27,28)20-10-6-5-9-19(20)23/h3-10,15-16H,11-14H2,1-2H3. The molecule has 0 aromatic heterocycles. The SMILES string of the molecule is CC1CN(C(=O)CN(Cc2ccccc2Cl)S(=O)(=O)c2ccccc2F)CC(C)O1. The molecule has 6 nitrogen and oxygen atoms in total. The highest BCUT2D eigenvalue weighted by atomic mass is 35.5. The van der Waals surface area contributed by atoms with Crippen molar-refractivity contribution in [1.29, 1.82) is 0 Å². The second-order valence-corrected chi connectivity index (χ2v) is 9.66. The molecule has 162 valence electrons. The molecule has 0 radical (unpaired) electrons. The van der Waals surface area contributed by atoms with Crippen molar-refractivity contribution in [3.8, 4) is 0 Å². The second kappa shape index (κ2) is 9.43. The predicted molar refractivity (Wildman–Crippen MR) is 112 cm³/mol. The lowest BCUT2D eigenvalue weighted by molar-refractivity contribution is -0.143. The fraction of sp³-hybridized carbons (Fsp3) is 0.381. The predicted octanol–water partition coefficient (Wildman–Crippen LogP) is 3.31. The molecule has 9 heteroatoms. The van der Waals surface area contributed by atoms with Crippen molar-refractivity contribution in [2.24, 2.45) is 0 Å². The Labute approximate surface area is 181 Å². The summed E-state index contributed by atoms with van der Waals surface area (Å²) in [6.07, 6.45) is -0.309. The Balaban J connectivity index is 1.92. The molecule has 0 bridgehead atoms. The zero-order chi connectivity index (χ0) is 21.9. The summed E-state index contributed by atoms with van der Waals surface area (Å²) in [5.41, 5.74) is 0.524. The molecule has 1 fully saturated rings. The molecule has 2 aromatic rings. The quantitative estimate of drug-likeness (QED) is 0.671. The topological polar surface area (TPSA) is 66.9 Å². The molecule has 0 N–H and O–H groups in total. The molecule has 1 aliphatic heterocycles. The first-order valence-electron chi connectivity index (χ1n) is 9.60. The number of amides is 1. The Hall–Kier alpha value is -2.00. The lowest BCUT2D eigenvalue weighted by atomic mass is 10.2. The third kappa shape index (κ3) is 5.18. The van der Waals surface area contributed by atoms with E-state index in [2.05, 4.69) is 0 Å². The highest BCUT2D eigenvalue weighted by Crippen LogP contribution is 2.24. The number of morpholine rings is 1. The van der Waals surface area contributed by atoms with E-state index in [0.29, 0.717) is 23.7 Å². The van der Waals surface area contributed by atoms with Gasteiger partial charge in [-0.2, -0.15) is 4.31 Å². The van der Waals surface area contributed by atoms with Crippen LogP contribution in [0.2, 0.25) is 5.02 Å². The van der Waals surface area contributed by atoms with Crippen LogP contribution < -0.4 is 0 Å². The lowest BCUT2D eigenvalue weighted by Crippen LogP contribution is -2.51. The Morgan fingerprint density at radius 1 is 1.13 bits per heavy atom. The van der Waals surface area contributed by atoms with Crippen molar-refractivity contribution in [2.75, 3.05) is 19.6 Å². The Morgan fingerprint density at radius 3 is 2.37 bits per heavy atom. The normalized spacial score (nSPS) is 19.8. The minimum absolute atomic E-state index is 0.155. The summed E-state index contributed by atoms with van der Waals surface area (Å²) in [6.45, 7) is 3.85. The van der Waals surface area contributed by atoms with Gasteiger partial charge in [0, 0.05) is 24.7 Å². The lowest BCUT2D eigenvalue weighted by Gasteiger charge is -2.36. The summed E-state index contributed by atoms with van der Waals surface area (Å²) in [5.74, 6) is -1.24. The first-order valence-corrected chi connectivity index (χ1v) is 11.4. The molecule has 3 rings (SSSR count). The molecule has 2 atom stereocenters. The maximum atomic E-state index is 14.3.